The molecule has 0 N–H and O–H groups in total. The number of nitrogens with zero attached hydrogens (tertiary/aromatic N) is 5. The van der Waals surface area contributed by atoms with Crippen molar-refractivity contribution in [3.63, 3.8) is 0 Å². The highest BCUT2D eigenvalue weighted by Gasteiger charge is 2.17. The summed E-state index contributed by atoms with van der Waals surface area (Å²) >= 11 is 1.54. The van der Waals surface area contributed by atoms with Crippen molar-refractivity contribution in [2.45, 2.75) is 19.8 Å². The van der Waals surface area contributed by atoms with Crippen LogP contribution in [-0.4, -0.2) is 19.6 Å². The Bertz CT molecular complexity index is 751. The molecule has 0 radical (unpaired) electrons. The van der Waals surface area contributed by atoms with Gasteiger partial charge in [-0.2, -0.15) is 14.9 Å². The summed E-state index contributed by atoms with van der Waals surface area (Å²) in [5, 5.41) is 14.8. The average molecular weight is 269 g/mol. The van der Waals surface area contributed by atoms with Crippen LogP contribution in [-0.2, 0) is 6.42 Å². The van der Waals surface area contributed by atoms with Crippen LogP contribution in [0.1, 0.15) is 24.0 Å². The molecular formula is C13H11N5S. The van der Waals surface area contributed by atoms with Gasteiger partial charge in [-0.25, -0.2) is 4.98 Å². The topological polar surface area (TPSA) is 66.9 Å². The summed E-state index contributed by atoms with van der Waals surface area (Å²) in [6.45, 7) is 2.11. The summed E-state index contributed by atoms with van der Waals surface area (Å²) in [4.78, 5) is 9.27. The van der Waals surface area contributed by atoms with Gasteiger partial charge in [0, 0.05) is 24.4 Å². The van der Waals surface area contributed by atoms with Crippen molar-refractivity contribution in [1.82, 2.24) is 19.6 Å². The van der Waals surface area contributed by atoms with E-state index in [1.807, 2.05) is 12.1 Å². The second kappa shape index (κ2) is 4.78. The second-order valence-corrected chi connectivity index (χ2v) is 5.14. The zero-order valence-electron chi connectivity index (χ0n) is 10.4. The quantitative estimate of drug-likeness (QED) is 0.733. The smallest absolute Gasteiger partial charge is 0.214 e. The van der Waals surface area contributed by atoms with E-state index in [4.69, 9.17) is 0 Å². The molecule has 5 nitrogen and oxygen atoms in total. The monoisotopic (exact) mass is 269 g/mol. The van der Waals surface area contributed by atoms with E-state index in [2.05, 4.69) is 28.1 Å². The van der Waals surface area contributed by atoms with Crippen molar-refractivity contribution < 1.29 is 0 Å². The van der Waals surface area contributed by atoms with E-state index in [9.17, 15) is 5.26 Å². The lowest BCUT2D eigenvalue weighted by Gasteiger charge is -1.95. The Morgan fingerprint density at radius 2 is 2.16 bits per heavy atom. The molecule has 94 valence electrons. The Hall–Kier alpha value is -2.26. The maximum Gasteiger partial charge on any atom is 0.214 e. The molecule has 0 saturated carbocycles. The van der Waals surface area contributed by atoms with Crippen LogP contribution in [0, 0.1) is 11.3 Å². The van der Waals surface area contributed by atoms with Crippen LogP contribution in [0.5, 0.6) is 0 Å². The number of nitriles is 1. The third-order valence-electron chi connectivity index (χ3n) is 2.77. The molecular weight excluding hydrogens is 258 g/mol. The van der Waals surface area contributed by atoms with Gasteiger partial charge in [-0.3, -0.25) is 4.98 Å². The summed E-state index contributed by atoms with van der Waals surface area (Å²) in [7, 11) is 0. The molecule has 3 aromatic heterocycles. The molecule has 0 atom stereocenters. The van der Waals surface area contributed by atoms with Gasteiger partial charge in [0.1, 0.15) is 16.8 Å². The third-order valence-corrected chi connectivity index (χ3v) is 3.74. The summed E-state index contributed by atoms with van der Waals surface area (Å²) in [5.74, 6) is 0. The maximum absolute atomic E-state index is 9.34. The molecule has 0 spiro atoms. The lowest BCUT2D eigenvalue weighted by atomic mass is 10.2. The molecule has 0 aliphatic rings. The van der Waals surface area contributed by atoms with Crippen molar-refractivity contribution in [1.29, 1.82) is 5.26 Å². The normalized spacial score (nSPS) is 10.7. The van der Waals surface area contributed by atoms with Crippen molar-refractivity contribution in [2.24, 2.45) is 0 Å². The van der Waals surface area contributed by atoms with Crippen molar-refractivity contribution >= 4 is 16.3 Å². The summed E-state index contributed by atoms with van der Waals surface area (Å²) in [5.41, 5.74) is 2.05. The van der Waals surface area contributed by atoms with Crippen LogP contribution in [0.4, 0.5) is 0 Å². The van der Waals surface area contributed by atoms with Crippen LogP contribution in [0.25, 0.3) is 16.2 Å². The molecule has 0 aromatic carbocycles. The average Bonchev–Trinajstić information content (AvgIpc) is 2.96. The molecule has 0 unspecified atom stereocenters. The lowest BCUT2D eigenvalue weighted by molar-refractivity contribution is 0.843. The highest BCUT2D eigenvalue weighted by atomic mass is 32.1. The predicted octanol–water partition coefficient (Wildman–Crippen LogP) is 2.68. The standard InChI is InChI=1S/C13H11N5S/c1-2-3-11-17-18-10(8-14)12(16-13(18)19-11)9-4-6-15-7-5-9/h4-7H,2-3H2,1H3. The zero-order chi connectivity index (χ0) is 13.2. The number of fused-ring (bicyclic) bond motifs is 1. The first kappa shape index (κ1) is 11.8. The Kier molecular flexibility index (Phi) is 2.97. The van der Waals surface area contributed by atoms with Crippen molar-refractivity contribution in [2.75, 3.05) is 0 Å². The Balaban J connectivity index is 2.17. The van der Waals surface area contributed by atoms with Gasteiger partial charge in [-0.05, 0) is 18.6 Å². The molecule has 3 heterocycles. The van der Waals surface area contributed by atoms with Crippen LogP contribution in [0.3, 0.4) is 0 Å². The van der Waals surface area contributed by atoms with Gasteiger partial charge in [-0.1, -0.05) is 18.3 Å². The van der Waals surface area contributed by atoms with Gasteiger partial charge in [0.2, 0.25) is 4.96 Å². The summed E-state index contributed by atoms with van der Waals surface area (Å²) in [6.07, 6.45) is 5.35. The van der Waals surface area contributed by atoms with E-state index in [1.165, 1.54) is 0 Å². The maximum atomic E-state index is 9.34. The van der Waals surface area contributed by atoms with E-state index in [0.29, 0.717) is 11.4 Å². The third kappa shape index (κ3) is 1.98. The molecule has 0 bridgehead atoms. The predicted molar refractivity (Wildman–Crippen MR) is 72.8 cm³/mol. The summed E-state index contributed by atoms with van der Waals surface area (Å²) < 4.78 is 1.64. The van der Waals surface area contributed by atoms with Gasteiger partial charge < -0.3 is 0 Å². The van der Waals surface area contributed by atoms with Crippen LogP contribution in [0.15, 0.2) is 24.5 Å². The van der Waals surface area contributed by atoms with Gasteiger partial charge in [-0.15, -0.1) is 0 Å². The molecule has 6 heteroatoms. The lowest BCUT2D eigenvalue weighted by Crippen LogP contribution is -1.92. The van der Waals surface area contributed by atoms with Gasteiger partial charge in [0.05, 0.1) is 0 Å². The SMILES string of the molecule is CCCc1nn2c(C#N)c(-c3ccncc3)nc2s1. The highest BCUT2D eigenvalue weighted by molar-refractivity contribution is 7.16. The number of rotatable bonds is 3. The minimum absolute atomic E-state index is 0.486. The number of aryl methyl sites for hydroxylation is 1. The number of aromatic nitrogens is 4. The number of hydrogen-bond donors (Lipinski definition) is 0. The molecule has 19 heavy (non-hydrogen) atoms. The molecule has 0 fully saturated rings. The van der Waals surface area contributed by atoms with Crippen LogP contribution in [0.2, 0.25) is 0 Å². The fraction of sp³-hybridized carbons (Fsp3) is 0.231. The van der Waals surface area contributed by atoms with E-state index in [0.717, 1.165) is 28.4 Å². The van der Waals surface area contributed by atoms with Crippen molar-refractivity contribution in [3.8, 4) is 17.3 Å². The molecule has 0 amide bonds. The number of imidazole rings is 1. The first-order valence-corrected chi connectivity index (χ1v) is 6.84. The second-order valence-electron chi connectivity index (χ2n) is 4.10. The van der Waals surface area contributed by atoms with E-state index >= 15 is 0 Å². The van der Waals surface area contributed by atoms with Gasteiger partial charge in [0.25, 0.3) is 0 Å². The Morgan fingerprint density at radius 3 is 2.84 bits per heavy atom. The molecule has 0 aliphatic carbocycles. The van der Waals surface area contributed by atoms with E-state index in [1.54, 1.807) is 28.2 Å². The highest BCUT2D eigenvalue weighted by Crippen LogP contribution is 2.26. The number of pyridine rings is 1. The molecule has 3 aromatic rings. The van der Waals surface area contributed by atoms with E-state index < -0.39 is 0 Å². The number of hydrogen-bond acceptors (Lipinski definition) is 5. The zero-order valence-corrected chi connectivity index (χ0v) is 11.2. The minimum Gasteiger partial charge on any atom is -0.265 e. The first-order valence-electron chi connectivity index (χ1n) is 6.02. The fourth-order valence-electron chi connectivity index (χ4n) is 1.91. The Morgan fingerprint density at radius 1 is 1.37 bits per heavy atom. The molecule has 0 saturated heterocycles. The fourth-order valence-corrected chi connectivity index (χ4v) is 2.91. The summed E-state index contributed by atoms with van der Waals surface area (Å²) in [6, 6.07) is 5.89. The van der Waals surface area contributed by atoms with Crippen molar-refractivity contribution in [3.05, 3.63) is 35.2 Å². The van der Waals surface area contributed by atoms with Crippen LogP contribution >= 0.6 is 11.3 Å². The van der Waals surface area contributed by atoms with Gasteiger partial charge >= 0.3 is 0 Å². The Labute approximate surface area is 114 Å². The largest absolute Gasteiger partial charge is 0.265 e. The van der Waals surface area contributed by atoms with Gasteiger partial charge in [0.15, 0.2) is 5.69 Å². The molecule has 0 aliphatic heterocycles. The first-order chi connectivity index (χ1) is 9.33. The van der Waals surface area contributed by atoms with E-state index in [-0.39, 0.29) is 0 Å². The molecule has 3 rings (SSSR count). The van der Waals surface area contributed by atoms with Crippen LogP contribution < -0.4 is 0 Å². The minimum atomic E-state index is 0.486.